The molecule has 0 aliphatic rings. The summed E-state index contributed by atoms with van der Waals surface area (Å²) < 4.78 is 2.01. The highest BCUT2D eigenvalue weighted by molar-refractivity contribution is 7.99. The Bertz CT molecular complexity index is 673. The van der Waals surface area contributed by atoms with Crippen molar-refractivity contribution in [2.75, 3.05) is 5.75 Å². The van der Waals surface area contributed by atoms with Crippen LogP contribution in [-0.4, -0.2) is 26.4 Å². The molecule has 0 aliphatic heterocycles. The first-order valence-corrected chi connectivity index (χ1v) is 7.39. The molecule has 0 amide bonds. The van der Waals surface area contributed by atoms with Crippen molar-refractivity contribution in [3.63, 3.8) is 0 Å². The van der Waals surface area contributed by atoms with Crippen LogP contribution in [0.25, 0.3) is 11.0 Å². The van der Waals surface area contributed by atoms with Crippen LogP contribution in [0, 0.1) is 11.3 Å². The lowest BCUT2D eigenvalue weighted by Crippen LogP contribution is -2.03. The van der Waals surface area contributed by atoms with Crippen molar-refractivity contribution >= 4 is 28.8 Å². The zero-order chi connectivity index (χ0) is 14.5. The number of rotatable bonds is 6. The summed E-state index contributed by atoms with van der Waals surface area (Å²) in [5.74, 6) is -0.873. The first kappa shape index (κ1) is 14.4. The summed E-state index contributed by atoms with van der Waals surface area (Å²) in [7, 11) is 0. The van der Waals surface area contributed by atoms with Gasteiger partial charge in [-0.3, -0.25) is 4.79 Å². The van der Waals surface area contributed by atoms with E-state index >= 15 is 0 Å². The highest BCUT2D eigenvalue weighted by atomic mass is 32.2. The molecular weight excluding hydrogens is 274 g/mol. The van der Waals surface area contributed by atoms with Crippen molar-refractivity contribution in [3.8, 4) is 6.07 Å². The molecule has 1 aromatic heterocycles. The fourth-order valence-corrected chi connectivity index (χ4v) is 2.70. The van der Waals surface area contributed by atoms with Crippen molar-refractivity contribution in [2.24, 2.45) is 0 Å². The van der Waals surface area contributed by atoms with Crippen LogP contribution >= 0.6 is 11.8 Å². The molecule has 0 saturated heterocycles. The van der Waals surface area contributed by atoms with Gasteiger partial charge in [0.1, 0.15) is 0 Å². The Kier molecular flexibility index (Phi) is 4.64. The molecule has 1 heterocycles. The van der Waals surface area contributed by atoms with Gasteiger partial charge in [-0.2, -0.15) is 5.26 Å². The Morgan fingerprint density at radius 1 is 1.55 bits per heavy atom. The molecule has 0 saturated carbocycles. The molecule has 0 unspecified atom stereocenters. The van der Waals surface area contributed by atoms with Gasteiger partial charge in [0.25, 0.3) is 0 Å². The van der Waals surface area contributed by atoms with Gasteiger partial charge in [0.05, 0.1) is 28.4 Å². The molecule has 0 atom stereocenters. The number of thioether (sulfide) groups is 1. The molecule has 0 spiro atoms. The number of aliphatic carboxylic acids is 1. The third-order valence-electron chi connectivity index (χ3n) is 2.90. The smallest absolute Gasteiger partial charge is 0.313 e. The number of aryl methyl sites for hydroxylation is 1. The molecular formula is C14H15N3O2S. The van der Waals surface area contributed by atoms with Crippen LogP contribution in [0.3, 0.4) is 0 Å². The normalized spacial score (nSPS) is 10.6. The highest BCUT2D eigenvalue weighted by Crippen LogP contribution is 2.25. The number of unbranched alkanes of at least 4 members (excludes halogenated alkanes) is 1. The molecule has 5 nitrogen and oxygen atoms in total. The predicted molar refractivity (Wildman–Crippen MR) is 77.7 cm³/mol. The number of nitrogens with zero attached hydrogens (tertiary/aromatic N) is 3. The van der Waals surface area contributed by atoms with Crippen molar-refractivity contribution < 1.29 is 9.90 Å². The van der Waals surface area contributed by atoms with E-state index in [4.69, 9.17) is 10.4 Å². The molecule has 2 rings (SSSR count). The summed E-state index contributed by atoms with van der Waals surface area (Å²) in [6.45, 7) is 2.88. The number of imidazole rings is 1. The first-order chi connectivity index (χ1) is 9.65. The van der Waals surface area contributed by atoms with Crippen molar-refractivity contribution in [2.45, 2.75) is 31.5 Å². The summed E-state index contributed by atoms with van der Waals surface area (Å²) >= 11 is 1.21. The van der Waals surface area contributed by atoms with E-state index in [9.17, 15) is 4.79 Å². The van der Waals surface area contributed by atoms with Gasteiger partial charge in [0, 0.05) is 6.54 Å². The fraction of sp³-hybridized carbons (Fsp3) is 0.357. The molecule has 6 heteroatoms. The first-order valence-electron chi connectivity index (χ1n) is 6.40. The predicted octanol–water partition coefficient (Wildman–Crippen LogP) is 2.88. The van der Waals surface area contributed by atoms with E-state index in [-0.39, 0.29) is 5.75 Å². The van der Waals surface area contributed by atoms with E-state index in [2.05, 4.69) is 18.0 Å². The summed E-state index contributed by atoms with van der Waals surface area (Å²) in [6, 6.07) is 7.46. The maximum atomic E-state index is 10.7. The zero-order valence-electron chi connectivity index (χ0n) is 11.2. The number of carboxylic acid groups (broad SMARTS) is 1. The van der Waals surface area contributed by atoms with Crippen LogP contribution in [0.2, 0.25) is 0 Å². The maximum absolute atomic E-state index is 10.7. The van der Waals surface area contributed by atoms with E-state index in [0.717, 1.165) is 30.4 Å². The van der Waals surface area contributed by atoms with E-state index in [1.165, 1.54) is 11.8 Å². The van der Waals surface area contributed by atoms with Gasteiger partial charge in [0.15, 0.2) is 5.16 Å². The van der Waals surface area contributed by atoms with Crippen LogP contribution in [0.4, 0.5) is 0 Å². The van der Waals surface area contributed by atoms with Crippen molar-refractivity contribution in [1.82, 2.24) is 9.55 Å². The Balaban J connectivity index is 2.44. The number of carbonyl (C=O) groups is 1. The summed E-state index contributed by atoms with van der Waals surface area (Å²) in [5.41, 5.74) is 2.28. The topological polar surface area (TPSA) is 78.9 Å². The van der Waals surface area contributed by atoms with Gasteiger partial charge in [-0.05, 0) is 24.6 Å². The number of benzene rings is 1. The number of nitriles is 1. The average molecular weight is 289 g/mol. The second kappa shape index (κ2) is 6.44. The molecule has 0 fully saturated rings. The molecule has 1 aromatic carbocycles. The number of carboxylic acids is 1. The summed E-state index contributed by atoms with van der Waals surface area (Å²) in [6.07, 6.45) is 2.03. The summed E-state index contributed by atoms with van der Waals surface area (Å²) in [4.78, 5) is 15.2. The lowest BCUT2D eigenvalue weighted by molar-refractivity contribution is -0.133. The van der Waals surface area contributed by atoms with Gasteiger partial charge in [-0.15, -0.1) is 0 Å². The van der Waals surface area contributed by atoms with Crippen LogP contribution < -0.4 is 0 Å². The molecule has 0 bridgehead atoms. The summed E-state index contributed by atoms with van der Waals surface area (Å²) in [5, 5.41) is 18.5. The van der Waals surface area contributed by atoms with Gasteiger partial charge in [-0.1, -0.05) is 25.1 Å². The molecule has 1 N–H and O–H groups in total. The van der Waals surface area contributed by atoms with Crippen LogP contribution in [0.5, 0.6) is 0 Å². The Hall–Kier alpha value is -2.00. The molecule has 0 radical (unpaired) electrons. The SMILES string of the molecule is CCCCn1c(SCC(=O)O)nc2ccc(C#N)cc21. The third kappa shape index (κ3) is 3.11. The highest BCUT2D eigenvalue weighted by Gasteiger charge is 2.13. The maximum Gasteiger partial charge on any atom is 0.313 e. The fourth-order valence-electron chi connectivity index (χ4n) is 1.94. The standard InChI is InChI=1S/C14H15N3O2S/c1-2-3-6-17-12-7-10(8-15)4-5-11(12)16-14(17)20-9-13(18)19/h4-5,7H,2-3,6,9H2,1H3,(H,18,19). The van der Waals surface area contributed by atoms with E-state index in [1.807, 2.05) is 10.6 Å². The molecule has 2 aromatic rings. The minimum absolute atomic E-state index is 0.0133. The second-order valence-corrected chi connectivity index (χ2v) is 5.34. The number of hydrogen-bond acceptors (Lipinski definition) is 4. The van der Waals surface area contributed by atoms with Gasteiger partial charge < -0.3 is 9.67 Å². The minimum Gasteiger partial charge on any atom is -0.481 e. The zero-order valence-corrected chi connectivity index (χ0v) is 12.0. The monoisotopic (exact) mass is 289 g/mol. The van der Waals surface area contributed by atoms with Gasteiger partial charge in [0.2, 0.25) is 0 Å². The number of fused-ring (bicyclic) bond motifs is 1. The lowest BCUT2D eigenvalue weighted by atomic mass is 10.2. The Labute approximate surface area is 121 Å². The van der Waals surface area contributed by atoms with Crippen molar-refractivity contribution in [1.29, 1.82) is 5.26 Å². The van der Waals surface area contributed by atoms with Crippen LogP contribution in [0.1, 0.15) is 25.3 Å². The van der Waals surface area contributed by atoms with E-state index in [1.54, 1.807) is 12.1 Å². The largest absolute Gasteiger partial charge is 0.481 e. The van der Waals surface area contributed by atoms with Gasteiger partial charge in [-0.25, -0.2) is 4.98 Å². The molecule has 0 aliphatic carbocycles. The van der Waals surface area contributed by atoms with Crippen LogP contribution in [0.15, 0.2) is 23.4 Å². The van der Waals surface area contributed by atoms with Crippen molar-refractivity contribution in [3.05, 3.63) is 23.8 Å². The quantitative estimate of drug-likeness (QED) is 0.827. The van der Waals surface area contributed by atoms with Gasteiger partial charge >= 0.3 is 5.97 Å². The van der Waals surface area contributed by atoms with Crippen LogP contribution in [-0.2, 0) is 11.3 Å². The minimum atomic E-state index is -0.859. The number of hydrogen-bond donors (Lipinski definition) is 1. The van der Waals surface area contributed by atoms with E-state index < -0.39 is 5.97 Å². The number of aromatic nitrogens is 2. The third-order valence-corrected chi connectivity index (χ3v) is 3.86. The second-order valence-electron chi connectivity index (χ2n) is 4.40. The average Bonchev–Trinajstić information content (AvgIpc) is 2.79. The Morgan fingerprint density at radius 2 is 2.35 bits per heavy atom. The molecule has 20 heavy (non-hydrogen) atoms. The Morgan fingerprint density at radius 3 is 3.00 bits per heavy atom. The van der Waals surface area contributed by atoms with E-state index in [0.29, 0.717) is 10.7 Å². The molecule has 104 valence electrons. The lowest BCUT2D eigenvalue weighted by Gasteiger charge is -2.07.